The molecular formula is C16H15N5O3. The van der Waals surface area contributed by atoms with E-state index in [1.165, 1.54) is 7.11 Å². The molecule has 8 heteroatoms. The van der Waals surface area contributed by atoms with Crippen LogP contribution >= 0.6 is 0 Å². The van der Waals surface area contributed by atoms with Gasteiger partial charge in [-0.25, -0.2) is 14.8 Å². The number of rotatable bonds is 4. The number of methoxy groups -OCH3 is 1. The van der Waals surface area contributed by atoms with Crippen LogP contribution in [0.15, 0.2) is 30.5 Å². The van der Waals surface area contributed by atoms with Crippen molar-refractivity contribution in [2.45, 2.75) is 6.92 Å². The van der Waals surface area contributed by atoms with E-state index in [0.29, 0.717) is 34.9 Å². The number of nitrogens with zero attached hydrogens (tertiary/aromatic N) is 4. The fourth-order valence-corrected chi connectivity index (χ4v) is 2.17. The van der Waals surface area contributed by atoms with Gasteiger partial charge < -0.3 is 15.2 Å². The summed E-state index contributed by atoms with van der Waals surface area (Å²) in [5.41, 5.74) is 8.29. The Balaban J connectivity index is 2.05. The number of anilines is 1. The first-order chi connectivity index (χ1) is 11.6. The summed E-state index contributed by atoms with van der Waals surface area (Å²) in [5, 5.41) is 0. The Morgan fingerprint density at radius 2 is 1.92 bits per heavy atom. The van der Waals surface area contributed by atoms with Crippen LogP contribution in [-0.2, 0) is 4.74 Å². The molecule has 0 fully saturated rings. The van der Waals surface area contributed by atoms with Gasteiger partial charge in [-0.15, -0.1) is 0 Å². The summed E-state index contributed by atoms with van der Waals surface area (Å²) in [6.07, 6.45) is 1.58. The predicted octanol–water partition coefficient (Wildman–Crippen LogP) is 1.85. The highest BCUT2D eigenvalue weighted by Gasteiger charge is 2.12. The van der Waals surface area contributed by atoms with Crippen LogP contribution in [0.3, 0.4) is 0 Å². The average Bonchev–Trinajstić information content (AvgIpc) is 2.61. The van der Waals surface area contributed by atoms with Gasteiger partial charge in [-0.05, 0) is 19.1 Å². The molecule has 0 atom stereocenters. The van der Waals surface area contributed by atoms with Crippen molar-refractivity contribution >= 4 is 23.1 Å². The first-order valence-corrected chi connectivity index (χ1v) is 7.24. The lowest BCUT2D eigenvalue weighted by Crippen LogP contribution is -2.04. The Kier molecular flexibility index (Phi) is 4.19. The van der Waals surface area contributed by atoms with E-state index in [-0.39, 0.29) is 5.95 Å². The van der Waals surface area contributed by atoms with E-state index in [9.17, 15) is 4.79 Å². The van der Waals surface area contributed by atoms with Crippen molar-refractivity contribution in [1.82, 2.24) is 19.9 Å². The van der Waals surface area contributed by atoms with Crippen LogP contribution in [0.25, 0.3) is 22.4 Å². The molecule has 0 saturated heterocycles. The van der Waals surface area contributed by atoms with Crippen LogP contribution in [-0.4, -0.2) is 39.6 Å². The van der Waals surface area contributed by atoms with E-state index in [1.54, 1.807) is 30.5 Å². The Bertz CT molecular complexity index is 896. The molecule has 2 N–H and O–H groups in total. The molecule has 0 unspecified atom stereocenters. The van der Waals surface area contributed by atoms with Gasteiger partial charge in [0.15, 0.2) is 11.2 Å². The molecule has 0 aliphatic rings. The Hall–Kier alpha value is -3.29. The lowest BCUT2D eigenvalue weighted by Gasteiger charge is -2.08. The summed E-state index contributed by atoms with van der Waals surface area (Å²) in [6.45, 7) is 2.26. The van der Waals surface area contributed by atoms with E-state index in [1.807, 2.05) is 6.92 Å². The Morgan fingerprint density at radius 3 is 2.58 bits per heavy atom. The van der Waals surface area contributed by atoms with Gasteiger partial charge in [-0.3, -0.25) is 0 Å². The number of carbonyl (C=O) groups excluding carboxylic acids is 1. The number of carbonyl (C=O) groups is 1. The SMILES string of the molecule is CCOc1nc(N)nc2ncc(-c3ccc(C(=O)OC)cc3)nc12. The minimum Gasteiger partial charge on any atom is -0.476 e. The third-order valence-corrected chi connectivity index (χ3v) is 3.28. The van der Waals surface area contributed by atoms with Gasteiger partial charge in [0.25, 0.3) is 0 Å². The van der Waals surface area contributed by atoms with Gasteiger partial charge in [0.05, 0.1) is 31.2 Å². The third kappa shape index (κ3) is 2.94. The number of hydrogen-bond donors (Lipinski definition) is 1. The zero-order valence-electron chi connectivity index (χ0n) is 13.2. The number of nitrogen functional groups attached to an aromatic ring is 1. The molecule has 3 aromatic rings. The molecule has 0 saturated carbocycles. The van der Waals surface area contributed by atoms with Crippen LogP contribution in [0.1, 0.15) is 17.3 Å². The molecule has 24 heavy (non-hydrogen) atoms. The van der Waals surface area contributed by atoms with E-state index in [0.717, 1.165) is 5.56 Å². The maximum atomic E-state index is 11.5. The van der Waals surface area contributed by atoms with Gasteiger partial charge in [0.1, 0.15) is 0 Å². The molecule has 8 nitrogen and oxygen atoms in total. The van der Waals surface area contributed by atoms with Crippen molar-refractivity contribution < 1.29 is 14.3 Å². The number of aromatic nitrogens is 4. The minimum atomic E-state index is -0.395. The van der Waals surface area contributed by atoms with E-state index >= 15 is 0 Å². The van der Waals surface area contributed by atoms with Crippen molar-refractivity contribution in [2.75, 3.05) is 19.5 Å². The Morgan fingerprint density at radius 1 is 1.17 bits per heavy atom. The predicted molar refractivity (Wildman–Crippen MR) is 87.5 cm³/mol. The number of fused-ring (bicyclic) bond motifs is 1. The quantitative estimate of drug-likeness (QED) is 0.723. The number of hydrogen-bond acceptors (Lipinski definition) is 8. The summed E-state index contributed by atoms with van der Waals surface area (Å²) in [4.78, 5) is 28.4. The van der Waals surface area contributed by atoms with Gasteiger partial charge in [0.2, 0.25) is 11.8 Å². The molecule has 2 aromatic heterocycles. The summed E-state index contributed by atoms with van der Waals surface area (Å²) in [6, 6.07) is 6.85. The summed E-state index contributed by atoms with van der Waals surface area (Å²) in [7, 11) is 1.34. The zero-order valence-corrected chi connectivity index (χ0v) is 13.2. The highest BCUT2D eigenvalue weighted by molar-refractivity contribution is 5.90. The molecule has 0 aliphatic carbocycles. The second-order valence-corrected chi connectivity index (χ2v) is 4.82. The van der Waals surface area contributed by atoms with E-state index < -0.39 is 5.97 Å². The molecule has 3 rings (SSSR count). The largest absolute Gasteiger partial charge is 0.476 e. The highest BCUT2D eigenvalue weighted by atomic mass is 16.5. The minimum absolute atomic E-state index is 0.0791. The summed E-state index contributed by atoms with van der Waals surface area (Å²) >= 11 is 0. The van der Waals surface area contributed by atoms with Gasteiger partial charge in [0, 0.05) is 5.56 Å². The summed E-state index contributed by atoms with van der Waals surface area (Å²) < 4.78 is 10.1. The number of ether oxygens (including phenoxy) is 2. The van der Waals surface area contributed by atoms with Crippen molar-refractivity contribution in [3.8, 4) is 17.1 Å². The number of nitrogens with two attached hydrogens (primary N) is 1. The molecular weight excluding hydrogens is 310 g/mol. The van der Waals surface area contributed by atoms with E-state index in [4.69, 9.17) is 10.5 Å². The monoisotopic (exact) mass is 325 g/mol. The second kappa shape index (κ2) is 6.45. The molecule has 122 valence electrons. The number of benzene rings is 1. The van der Waals surface area contributed by atoms with Gasteiger partial charge in [-0.1, -0.05) is 12.1 Å². The van der Waals surface area contributed by atoms with Gasteiger partial charge >= 0.3 is 5.97 Å². The lowest BCUT2D eigenvalue weighted by molar-refractivity contribution is 0.0601. The van der Waals surface area contributed by atoms with Crippen molar-refractivity contribution in [3.63, 3.8) is 0 Å². The fourth-order valence-electron chi connectivity index (χ4n) is 2.17. The van der Waals surface area contributed by atoms with Crippen LogP contribution in [0.2, 0.25) is 0 Å². The maximum absolute atomic E-state index is 11.5. The molecule has 0 aliphatic heterocycles. The molecule has 1 aromatic carbocycles. The van der Waals surface area contributed by atoms with E-state index in [2.05, 4.69) is 24.7 Å². The van der Waals surface area contributed by atoms with Gasteiger partial charge in [-0.2, -0.15) is 9.97 Å². The molecule has 0 bridgehead atoms. The third-order valence-electron chi connectivity index (χ3n) is 3.28. The van der Waals surface area contributed by atoms with Crippen LogP contribution < -0.4 is 10.5 Å². The van der Waals surface area contributed by atoms with Crippen molar-refractivity contribution in [2.24, 2.45) is 0 Å². The lowest BCUT2D eigenvalue weighted by atomic mass is 10.1. The highest BCUT2D eigenvalue weighted by Crippen LogP contribution is 2.24. The van der Waals surface area contributed by atoms with Crippen LogP contribution in [0.5, 0.6) is 5.88 Å². The van der Waals surface area contributed by atoms with Crippen LogP contribution in [0, 0.1) is 0 Å². The first kappa shape index (κ1) is 15.6. The molecule has 0 amide bonds. The van der Waals surface area contributed by atoms with Crippen molar-refractivity contribution in [3.05, 3.63) is 36.0 Å². The summed E-state index contributed by atoms with van der Waals surface area (Å²) in [5.74, 6) is -0.0235. The topological polar surface area (TPSA) is 113 Å². The standard InChI is InChI=1S/C16H15N5O3/c1-3-24-14-12-13(20-16(17)21-14)18-8-11(19-12)9-4-6-10(7-5-9)15(22)23-2/h4-8H,3H2,1-2H3,(H2,17,18,20,21). The van der Waals surface area contributed by atoms with Crippen LogP contribution in [0.4, 0.5) is 5.95 Å². The normalized spacial score (nSPS) is 10.6. The maximum Gasteiger partial charge on any atom is 0.337 e. The fraction of sp³-hybridized carbons (Fsp3) is 0.188. The number of esters is 1. The second-order valence-electron chi connectivity index (χ2n) is 4.82. The average molecular weight is 325 g/mol. The molecule has 0 spiro atoms. The first-order valence-electron chi connectivity index (χ1n) is 7.24. The zero-order chi connectivity index (χ0) is 17.1. The molecule has 2 heterocycles. The van der Waals surface area contributed by atoms with Crippen molar-refractivity contribution in [1.29, 1.82) is 0 Å². The smallest absolute Gasteiger partial charge is 0.337 e. The Labute approximate surface area is 137 Å². The molecule has 0 radical (unpaired) electrons.